The van der Waals surface area contributed by atoms with Gasteiger partial charge in [0, 0.05) is 0 Å². The van der Waals surface area contributed by atoms with Crippen LogP contribution in [0.4, 0.5) is 49.6 Å². The average molecular weight is 507 g/mol. The first-order valence-electron chi connectivity index (χ1n) is 10.0. The van der Waals surface area contributed by atoms with Crippen molar-refractivity contribution in [3.05, 3.63) is 54.4 Å². The lowest BCUT2D eigenvalue weighted by Gasteiger charge is -2.56. The third-order valence-electron chi connectivity index (χ3n) is 5.22. The zero-order valence-corrected chi connectivity index (χ0v) is 18.5. The lowest BCUT2D eigenvalue weighted by molar-refractivity contribution is -0.715. The lowest BCUT2D eigenvalue weighted by atomic mass is 9.78. The number of hydrogen-bond donors (Lipinski definition) is 0. The number of hydrogen-bond acceptors (Lipinski definition) is 0. The minimum absolute atomic E-state index is 0.565. The summed E-state index contributed by atoms with van der Waals surface area (Å²) in [5.41, 5.74) is -0.908. The summed E-state index contributed by atoms with van der Waals surface area (Å²) in [7, 11) is 0. The van der Waals surface area contributed by atoms with Crippen LogP contribution < -0.4 is 4.57 Å². The summed E-state index contributed by atoms with van der Waals surface area (Å²) in [4.78, 5) is 0. The van der Waals surface area contributed by atoms with Gasteiger partial charge >= 0.3 is 23.7 Å². The van der Waals surface area contributed by atoms with Crippen molar-refractivity contribution in [3.63, 3.8) is 0 Å². The molecule has 1 fully saturated rings. The molecule has 3 rings (SSSR count). The molecule has 192 valence electrons. The Morgan fingerprint density at radius 2 is 1.35 bits per heavy atom. The Labute approximate surface area is 189 Å². The minimum Gasteiger partial charge on any atom is -0.645 e. The topological polar surface area (TPSA) is 22.9 Å². The number of imidazole rings is 1. The normalized spacial score (nSPS) is 26.6. The Bertz CT molecular complexity index is 936. The van der Waals surface area contributed by atoms with Gasteiger partial charge in [0.15, 0.2) is 12.0 Å². The van der Waals surface area contributed by atoms with Crippen LogP contribution in [-0.2, 0) is 0 Å². The Morgan fingerprint density at radius 1 is 0.824 bits per heavy atom. The molecule has 0 spiro atoms. The first kappa shape index (κ1) is 27.8. The molecule has 1 aliphatic rings. The molecule has 34 heavy (non-hydrogen) atoms. The highest BCUT2D eigenvalue weighted by molar-refractivity contribution is 5.53. The smallest absolute Gasteiger partial charge is 0.381 e. The summed E-state index contributed by atoms with van der Waals surface area (Å²) in [6.07, 6.45) is 1.38. The minimum atomic E-state index is -6.88. The van der Waals surface area contributed by atoms with Crippen LogP contribution >= 0.6 is 0 Å². The van der Waals surface area contributed by atoms with Gasteiger partial charge in [-0.25, -0.2) is 13.5 Å². The Hall–Kier alpha value is -2.47. The molecule has 1 heterocycles. The third-order valence-corrected chi connectivity index (χ3v) is 5.22. The lowest BCUT2D eigenvalue weighted by Crippen LogP contribution is -2.79. The van der Waals surface area contributed by atoms with E-state index in [9.17, 15) is 43.9 Å². The van der Waals surface area contributed by atoms with Crippen LogP contribution in [0.3, 0.4) is 0 Å². The zero-order valence-electron chi connectivity index (χ0n) is 18.5. The second kappa shape index (κ2) is 8.95. The molecular weight excluding hydrogens is 484 g/mol. The van der Waals surface area contributed by atoms with Gasteiger partial charge in [-0.1, -0.05) is 30.3 Å². The van der Waals surface area contributed by atoms with Gasteiger partial charge in [-0.3, -0.25) is 4.39 Å². The molecule has 0 N–H and O–H groups in total. The van der Waals surface area contributed by atoms with E-state index in [4.69, 9.17) is 0 Å². The van der Waals surface area contributed by atoms with Crippen molar-refractivity contribution < 1.29 is 48.5 Å². The molecule has 3 nitrogen and oxygen atoms in total. The summed E-state index contributed by atoms with van der Waals surface area (Å²) < 4.78 is 138. The van der Waals surface area contributed by atoms with Crippen molar-refractivity contribution in [2.24, 2.45) is 0 Å². The summed E-state index contributed by atoms with van der Waals surface area (Å²) in [5, 5.41) is 2.26. The Morgan fingerprint density at radius 3 is 1.76 bits per heavy atom. The van der Waals surface area contributed by atoms with Gasteiger partial charge in [0.05, 0.1) is 12.1 Å². The van der Waals surface area contributed by atoms with Crippen LogP contribution in [0.15, 0.2) is 49.1 Å². The SMILES string of the molecule is CC(C)n1cc[n+](C(C)C)c1.FC1C(F)(F)C(F)(F)C(F)(F)C(F)(F)C1(F)[N-]c1ccccc1. The quantitative estimate of drug-likeness (QED) is 0.238. The molecule has 1 aliphatic carbocycles. The van der Waals surface area contributed by atoms with E-state index in [-0.39, 0.29) is 0 Å². The molecule has 2 aromatic rings. The maximum absolute atomic E-state index is 14.2. The van der Waals surface area contributed by atoms with E-state index < -0.39 is 41.3 Å². The predicted molar refractivity (Wildman–Crippen MR) is 103 cm³/mol. The fourth-order valence-corrected chi connectivity index (χ4v) is 3.00. The van der Waals surface area contributed by atoms with Gasteiger partial charge in [0.25, 0.3) is 0 Å². The van der Waals surface area contributed by atoms with Gasteiger partial charge in [0.1, 0.15) is 12.4 Å². The highest BCUT2D eigenvalue weighted by Crippen LogP contribution is 2.67. The van der Waals surface area contributed by atoms with Gasteiger partial charge < -0.3 is 5.32 Å². The van der Waals surface area contributed by atoms with E-state index in [0.717, 1.165) is 12.1 Å². The molecule has 2 unspecified atom stereocenters. The van der Waals surface area contributed by atoms with Crippen LogP contribution in [0.25, 0.3) is 5.32 Å². The standard InChI is InChI=1S/C12H6F10N.C9H17N2/c13-7-8(14,15)10(17,18)12(21,22)11(19,20)9(7,16)23-6-4-2-1-3-5-6;1-8(2)10-5-6-11(7-10)9(3)4/h1-5,7H;5-9H,1-4H3/q-1;+1. The molecule has 1 aromatic heterocycles. The van der Waals surface area contributed by atoms with E-state index in [2.05, 4.69) is 60.9 Å². The molecule has 0 radical (unpaired) electrons. The van der Waals surface area contributed by atoms with Gasteiger partial charge in [-0.15, -0.1) is 5.69 Å². The fourth-order valence-electron chi connectivity index (χ4n) is 3.00. The van der Waals surface area contributed by atoms with Crippen molar-refractivity contribution in [1.29, 1.82) is 0 Å². The van der Waals surface area contributed by atoms with Crippen molar-refractivity contribution in [3.8, 4) is 0 Å². The first-order chi connectivity index (χ1) is 15.3. The number of halogens is 10. The molecular formula is C21H23F10N3. The summed E-state index contributed by atoms with van der Waals surface area (Å²) in [6.45, 7) is 8.74. The third kappa shape index (κ3) is 4.21. The van der Waals surface area contributed by atoms with E-state index in [1.165, 1.54) is 6.07 Å². The largest absolute Gasteiger partial charge is 0.645 e. The number of alkyl halides is 10. The Balaban J connectivity index is 0.000000310. The van der Waals surface area contributed by atoms with Crippen LogP contribution in [-0.4, -0.2) is 40.2 Å². The number of benzene rings is 1. The van der Waals surface area contributed by atoms with E-state index >= 15 is 0 Å². The second-order valence-electron chi connectivity index (χ2n) is 8.32. The maximum Gasteiger partial charge on any atom is 0.381 e. The van der Waals surface area contributed by atoms with Crippen LogP contribution in [0, 0.1) is 0 Å². The number of nitrogens with zero attached hydrogens (tertiary/aromatic N) is 3. The summed E-state index contributed by atoms with van der Waals surface area (Å²) in [6, 6.07) is 5.86. The number of rotatable bonds is 4. The van der Waals surface area contributed by atoms with E-state index in [1.54, 1.807) is 0 Å². The average Bonchev–Trinajstić information content (AvgIpc) is 3.24. The molecule has 13 heteroatoms. The Kier molecular flexibility index (Phi) is 7.31. The highest BCUT2D eigenvalue weighted by atomic mass is 19.4. The molecule has 1 saturated carbocycles. The number of aromatic nitrogens is 2. The molecule has 0 saturated heterocycles. The van der Waals surface area contributed by atoms with Crippen LogP contribution in [0.5, 0.6) is 0 Å². The van der Waals surface area contributed by atoms with Crippen molar-refractivity contribution in [2.75, 3.05) is 0 Å². The molecule has 0 bridgehead atoms. The maximum atomic E-state index is 14.2. The second-order valence-corrected chi connectivity index (χ2v) is 8.32. The van der Waals surface area contributed by atoms with Crippen LogP contribution in [0.1, 0.15) is 39.8 Å². The number of para-hydroxylation sites is 1. The highest BCUT2D eigenvalue weighted by Gasteiger charge is 2.92. The monoisotopic (exact) mass is 507 g/mol. The van der Waals surface area contributed by atoms with Crippen molar-refractivity contribution >= 4 is 5.69 Å². The predicted octanol–water partition coefficient (Wildman–Crippen LogP) is 7.19. The summed E-state index contributed by atoms with van der Waals surface area (Å²) >= 11 is 0. The summed E-state index contributed by atoms with van der Waals surface area (Å²) in [5.74, 6) is -32.2. The zero-order chi connectivity index (χ0) is 26.3. The molecule has 0 amide bonds. The van der Waals surface area contributed by atoms with Crippen LogP contribution in [0.2, 0.25) is 0 Å². The first-order valence-corrected chi connectivity index (χ1v) is 10.0. The van der Waals surface area contributed by atoms with E-state index in [0.29, 0.717) is 24.2 Å². The van der Waals surface area contributed by atoms with Crippen molar-refractivity contribution in [2.45, 2.75) is 75.4 Å². The molecule has 0 aliphatic heterocycles. The van der Waals surface area contributed by atoms with E-state index in [1.807, 2.05) is 0 Å². The molecule has 2 atom stereocenters. The fraction of sp³-hybridized carbons (Fsp3) is 0.571. The van der Waals surface area contributed by atoms with Crippen molar-refractivity contribution in [1.82, 2.24) is 4.57 Å². The van der Waals surface area contributed by atoms with Gasteiger partial charge in [-0.05, 0) is 27.7 Å². The van der Waals surface area contributed by atoms with Gasteiger partial charge in [0.2, 0.25) is 6.33 Å². The molecule has 1 aromatic carbocycles. The van der Waals surface area contributed by atoms with Gasteiger partial charge in [-0.2, -0.15) is 35.1 Å².